The molecule has 0 aliphatic carbocycles. The third kappa shape index (κ3) is 23.7. The molecule has 0 unspecified atom stereocenters. The highest BCUT2D eigenvalue weighted by molar-refractivity contribution is 7.79. The highest BCUT2D eigenvalue weighted by Gasteiger charge is 2.25. The van der Waals surface area contributed by atoms with Crippen LogP contribution in [-0.4, -0.2) is 83.3 Å². The second-order valence-corrected chi connectivity index (χ2v) is 8.29. The third-order valence-electron chi connectivity index (χ3n) is 4.93. The summed E-state index contributed by atoms with van der Waals surface area (Å²) >= 11 is 0. The van der Waals surface area contributed by atoms with Gasteiger partial charge in [0.2, 0.25) is 0 Å². The third-order valence-corrected chi connectivity index (χ3v) is 4.93. The van der Waals surface area contributed by atoms with E-state index in [1.165, 1.54) is 57.8 Å². The summed E-state index contributed by atoms with van der Waals surface area (Å²) in [7, 11) is -4.67. The summed E-state index contributed by atoms with van der Waals surface area (Å²) in [6.45, 7) is 6.01. The van der Waals surface area contributed by atoms with Crippen LogP contribution in [0.3, 0.4) is 0 Å². The Morgan fingerprint density at radius 2 is 0.929 bits per heavy atom. The van der Waals surface area contributed by atoms with Crippen molar-refractivity contribution < 1.29 is 37.3 Å². The first-order valence-corrected chi connectivity index (χ1v) is 12.0. The van der Waals surface area contributed by atoms with Crippen LogP contribution < -0.4 is 0 Å². The van der Waals surface area contributed by atoms with Gasteiger partial charge in [-0.25, -0.2) is 0 Å². The fraction of sp³-hybridized carbons (Fsp3) is 1.00. The van der Waals surface area contributed by atoms with Gasteiger partial charge in [0.15, 0.2) is 0 Å². The van der Waals surface area contributed by atoms with E-state index in [0.717, 1.165) is 30.4 Å². The molecular formula is C19H44NO7S+. The highest BCUT2D eigenvalue weighted by atomic mass is 32.3. The standard InChI is InChI=1S/C19H42NO3.H2O4S/c1-2-3-4-5-6-7-8-9-10-11-13-20(15-18-22,16-19-23)14-12-17-21;1-5(2,3)4/h21-23H,2-19H2,1H3;(H2,1,2,3,4)/q+1;. The van der Waals surface area contributed by atoms with E-state index in [1.54, 1.807) is 0 Å². The Hall–Kier alpha value is -0.290. The summed E-state index contributed by atoms with van der Waals surface area (Å²) in [5, 5.41) is 27.7. The largest absolute Gasteiger partial charge is 0.396 e. The van der Waals surface area contributed by atoms with Gasteiger partial charge in [-0.05, 0) is 12.8 Å². The number of hydrogen-bond acceptors (Lipinski definition) is 5. The van der Waals surface area contributed by atoms with Gasteiger partial charge in [0.25, 0.3) is 0 Å². The van der Waals surface area contributed by atoms with Crippen molar-refractivity contribution in [3.05, 3.63) is 0 Å². The van der Waals surface area contributed by atoms with Crippen LogP contribution in [0.15, 0.2) is 0 Å². The highest BCUT2D eigenvalue weighted by Crippen LogP contribution is 2.14. The molecule has 172 valence electrons. The van der Waals surface area contributed by atoms with Gasteiger partial charge in [-0.3, -0.25) is 9.11 Å². The molecule has 0 rings (SSSR count). The lowest BCUT2D eigenvalue weighted by atomic mass is 10.1. The Balaban J connectivity index is 0. The van der Waals surface area contributed by atoms with Gasteiger partial charge >= 0.3 is 10.4 Å². The number of nitrogens with zero attached hydrogens (tertiary/aromatic N) is 1. The molecule has 0 aromatic rings. The van der Waals surface area contributed by atoms with Gasteiger partial charge in [0, 0.05) is 13.0 Å². The van der Waals surface area contributed by atoms with E-state index >= 15 is 0 Å². The smallest absolute Gasteiger partial charge is 0.394 e. The van der Waals surface area contributed by atoms with Crippen molar-refractivity contribution in [3.63, 3.8) is 0 Å². The maximum Gasteiger partial charge on any atom is 0.394 e. The first-order valence-electron chi connectivity index (χ1n) is 10.6. The minimum Gasteiger partial charge on any atom is -0.396 e. The van der Waals surface area contributed by atoms with Crippen LogP contribution in [0.1, 0.15) is 77.6 Å². The zero-order chi connectivity index (χ0) is 21.7. The molecule has 5 N–H and O–H groups in total. The van der Waals surface area contributed by atoms with Crippen LogP contribution in [-0.2, 0) is 10.4 Å². The van der Waals surface area contributed by atoms with Crippen molar-refractivity contribution in [1.82, 2.24) is 0 Å². The summed E-state index contributed by atoms with van der Waals surface area (Å²) in [5.74, 6) is 0. The molecule has 0 aromatic carbocycles. The molecule has 0 bridgehead atoms. The fourth-order valence-electron chi connectivity index (χ4n) is 3.44. The van der Waals surface area contributed by atoms with E-state index in [4.69, 9.17) is 22.6 Å². The first kappa shape index (κ1) is 29.9. The molecular weight excluding hydrogens is 386 g/mol. The minimum atomic E-state index is -4.67. The maximum atomic E-state index is 9.33. The lowest BCUT2D eigenvalue weighted by Crippen LogP contribution is -2.53. The van der Waals surface area contributed by atoms with Gasteiger partial charge in [-0.2, -0.15) is 8.42 Å². The van der Waals surface area contributed by atoms with Crippen LogP contribution in [0, 0.1) is 0 Å². The normalized spacial score (nSPS) is 11.9. The van der Waals surface area contributed by atoms with Gasteiger partial charge < -0.3 is 19.8 Å². The van der Waals surface area contributed by atoms with Gasteiger partial charge in [0.05, 0.1) is 26.3 Å². The molecule has 0 aromatic heterocycles. The summed E-state index contributed by atoms with van der Waals surface area (Å²) in [5.41, 5.74) is 0. The summed E-state index contributed by atoms with van der Waals surface area (Å²) in [6, 6.07) is 0. The van der Waals surface area contributed by atoms with Crippen molar-refractivity contribution >= 4 is 10.4 Å². The first-order chi connectivity index (χ1) is 13.2. The molecule has 0 aliphatic rings. The number of unbranched alkanes of at least 4 members (excludes halogenated alkanes) is 9. The molecule has 0 amide bonds. The van der Waals surface area contributed by atoms with Gasteiger partial charge in [-0.15, -0.1) is 0 Å². The van der Waals surface area contributed by atoms with Crippen LogP contribution >= 0.6 is 0 Å². The SMILES string of the molecule is CCCCCCCCCCCC[N+](CCO)(CCO)CCCO.O=S(=O)(O)O. The topological polar surface area (TPSA) is 135 Å². The molecule has 0 heterocycles. The predicted molar refractivity (Wildman–Crippen MR) is 112 cm³/mol. The summed E-state index contributed by atoms with van der Waals surface area (Å²) in [4.78, 5) is 0. The number of hydrogen-bond donors (Lipinski definition) is 5. The molecule has 0 radical (unpaired) electrons. The Bertz CT molecular complexity index is 405. The molecule has 0 spiro atoms. The zero-order valence-corrected chi connectivity index (χ0v) is 18.5. The molecule has 28 heavy (non-hydrogen) atoms. The molecule has 0 atom stereocenters. The number of quaternary nitrogens is 1. The molecule has 8 nitrogen and oxygen atoms in total. The van der Waals surface area contributed by atoms with E-state index in [1.807, 2.05) is 0 Å². The minimum absolute atomic E-state index is 0.156. The second kappa shape index (κ2) is 20.0. The average Bonchev–Trinajstić information content (AvgIpc) is 2.60. The van der Waals surface area contributed by atoms with Gasteiger partial charge in [-0.1, -0.05) is 58.3 Å². The van der Waals surface area contributed by atoms with Crippen LogP contribution in [0.5, 0.6) is 0 Å². The Morgan fingerprint density at radius 3 is 1.29 bits per heavy atom. The van der Waals surface area contributed by atoms with Crippen LogP contribution in [0.4, 0.5) is 0 Å². The quantitative estimate of drug-likeness (QED) is 0.128. The Morgan fingerprint density at radius 1 is 0.571 bits per heavy atom. The fourth-order valence-corrected chi connectivity index (χ4v) is 3.44. The second-order valence-electron chi connectivity index (χ2n) is 7.39. The van der Waals surface area contributed by atoms with Crippen LogP contribution in [0.2, 0.25) is 0 Å². The molecule has 0 saturated carbocycles. The van der Waals surface area contributed by atoms with Gasteiger partial charge in [0.1, 0.15) is 13.1 Å². The number of aliphatic hydroxyl groups excluding tert-OH is 3. The monoisotopic (exact) mass is 430 g/mol. The van der Waals surface area contributed by atoms with E-state index in [9.17, 15) is 10.2 Å². The van der Waals surface area contributed by atoms with Crippen molar-refractivity contribution in [3.8, 4) is 0 Å². The van der Waals surface area contributed by atoms with Crippen molar-refractivity contribution in [1.29, 1.82) is 0 Å². The van der Waals surface area contributed by atoms with Crippen molar-refractivity contribution in [2.75, 3.05) is 46.0 Å². The summed E-state index contributed by atoms with van der Waals surface area (Å²) < 4.78 is 32.3. The van der Waals surface area contributed by atoms with E-state index in [-0.39, 0.29) is 19.8 Å². The average molecular weight is 431 g/mol. The summed E-state index contributed by atoms with van der Waals surface area (Å²) in [6.07, 6.45) is 14.0. The zero-order valence-electron chi connectivity index (χ0n) is 17.6. The maximum absolute atomic E-state index is 9.33. The molecule has 0 aliphatic heterocycles. The van der Waals surface area contributed by atoms with E-state index in [2.05, 4.69) is 6.92 Å². The van der Waals surface area contributed by atoms with E-state index in [0.29, 0.717) is 13.1 Å². The Kier molecular flexibility index (Phi) is 21.4. The predicted octanol–water partition coefficient (Wildman–Crippen LogP) is 2.44. The molecule has 0 saturated heterocycles. The lowest BCUT2D eigenvalue weighted by molar-refractivity contribution is -0.929. The molecule has 9 heteroatoms. The van der Waals surface area contributed by atoms with Crippen LogP contribution in [0.25, 0.3) is 0 Å². The van der Waals surface area contributed by atoms with Crippen molar-refractivity contribution in [2.45, 2.75) is 77.6 Å². The van der Waals surface area contributed by atoms with Crippen molar-refractivity contribution in [2.24, 2.45) is 0 Å². The number of aliphatic hydroxyl groups is 3. The lowest BCUT2D eigenvalue weighted by Gasteiger charge is -2.38. The molecule has 0 fully saturated rings. The number of rotatable bonds is 18. The van der Waals surface area contributed by atoms with E-state index < -0.39 is 10.4 Å². The Labute approximate surface area is 171 Å².